The van der Waals surface area contributed by atoms with Gasteiger partial charge in [-0.3, -0.25) is 0 Å². The summed E-state index contributed by atoms with van der Waals surface area (Å²) in [6.07, 6.45) is 0. The molecule has 1 N–H and O–H groups in total. The van der Waals surface area contributed by atoms with Gasteiger partial charge in [-0.2, -0.15) is 0 Å². The number of aliphatic hydroxyl groups excluding tert-OH is 1. The van der Waals surface area contributed by atoms with Crippen molar-refractivity contribution >= 4 is 35.8 Å². The van der Waals surface area contributed by atoms with Crippen molar-refractivity contribution in [2.24, 2.45) is 0 Å². The standard InChI is InChI=1S/C17H28BrClO2Si/c1-11(2)22(12(3)4,13(5)6)21-10-15-7-16(18)14(9-20)8-17(15)19/h7-8,11-13,20H,9-10H2,1-6H3. The molecule has 5 heteroatoms. The van der Waals surface area contributed by atoms with Gasteiger partial charge in [0.05, 0.1) is 13.2 Å². The highest BCUT2D eigenvalue weighted by atomic mass is 79.9. The van der Waals surface area contributed by atoms with Gasteiger partial charge in [0.15, 0.2) is 0 Å². The van der Waals surface area contributed by atoms with Gasteiger partial charge in [0.1, 0.15) is 0 Å². The van der Waals surface area contributed by atoms with Crippen LogP contribution in [0, 0.1) is 0 Å². The summed E-state index contributed by atoms with van der Waals surface area (Å²) in [7, 11) is -1.90. The van der Waals surface area contributed by atoms with E-state index >= 15 is 0 Å². The quantitative estimate of drug-likeness (QED) is 0.538. The molecule has 22 heavy (non-hydrogen) atoms. The van der Waals surface area contributed by atoms with E-state index in [2.05, 4.69) is 57.5 Å². The number of benzene rings is 1. The Bertz CT molecular complexity index is 482. The molecule has 0 fully saturated rings. The van der Waals surface area contributed by atoms with E-state index in [1.807, 2.05) is 12.1 Å². The third-order valence-corrected chi connectivity index (χ3v) is 11.7. The second-order valence-corrected chi connectivity index (χ2v) is 13.5. The number of halogens is 2. The maximum absolute atomic E-state index is 9.30. The highest BCUT2D eigenvalue weighted by Crippen LogP contribution is 2.43. The molecule has 1 aromatic rings. The second-order valence-electron chi connectivity index (χ2n) is 6.80. The molecule has 1 aromatic carbocycles. The molecular formula is C17H28BrClO2Si. The summed E-state index contributed by atoms with van der Waals surface area (Å²) in [5.41, 5.74) is 3.42. The molecule has 0 saturated carbocycles. The summed E-state index contributed by atoms with van der Waals surface area (Å²) in [4.78, 5) is 0. The van der Waals surface area contributed by atoms with E-state index in [4.69, 9.17) is 16.0 Å². The first-order valence-electron chi connectivity index (χ1n) is 7.88. The van der Waals surface area contributed by atoms with Gasteiger partial charge in [0.25, 0.3) is 0 Å². The van der Waals surface area contributed by atoms with Gasteiger partial charge < -0.3 is 9.53 Å². The zero-order chi connectivity index (χ0) is 17.1. The Kier molecular flexibility index (Phi) is 7.60. The molecule has 0 aliphatic carbocycles. The van der Waals surface area contributed by atoms with Gasteiger partial charge in [-0.25, -0.2) is 0 Å². The summed E-state index contributed by atoms with van der Waals surface area (Å²) < 4.78 is 7.46. The van der Waals surface area contributed by atoms with Crippen molar-refractivity contribution in [2.75, 3.05) is 0 Å². The maximum atomic E-state index is 9.30. The lowest BCUT2D eigenvalue weighted by Gasteiger charge is -2.42. The monoisotopic (exact) mass is 406 g/mol. The minimum Gasteiger partial charge on any atom is -0.412 e. The third-order valence-electron chi connectivity index (χ3n) is 4.57. The predicted octanol–water partition coefficient (Wildman–Crippen LogP) is 6.29. The number of hydrogen-bond donors (Lipinski definition) is 1. The summed E-state index contributed by atoms with van der Waals surface area (Å²) in [6.45, 7) is 14.2. The first-order valence-corrected chi connectivity index (χ1v) is 11.2. The molecule has 0 bridgehead atoms. The molecule has 0 heterocycles. The summed E-state index contributed by atoms with van der Waals surface area (Å²) in [6, 6.07) is 3.78. The molecule has 0 radical (unpaired) electrons. The SMILES string of the molecule is CC(C)[Si](OCc1cc(Br)c(CO)cc1Cl)(C(C)C)C(C)C. The van der Waals surface area contributed by atoms with E-state index in [1.54, 1.807) is 0 Å². The average molecular weight is 408 g/mol. The van der Waals surface area contributed by atoms with Gasteiger partial charge in [-0.15, -0.1) is 0 Å². The molecule has 0 atom stereocenters. The maximum Gasteiger partial charge on any atom is 0.200 e. The summed E-state index contributed by atoms with van der Waals surface area (Å²) in [5, 5.41) is 9.96. The molecule has 0 saturated heterocycles. The predicted molar refractivity (Wildman–Crippen MR) is 101 cm³/mol. The number of hydrogen-bond acceptors (Lipinski definition) is 2. The summed E-state index contributed by atoms with van der Waals surface area (Å²) >= 11 is 9.84. The smallest absolute Gasteiger partial charge is 0.200 e. The first kappa shape index (κ1) is 20.2. The summed E-state index contributed by atoms with van der Waals surface area (Å²) in [5.74, 6) is 0. The first-order chi connectivity index (χ1) is 10.2. The number of aliphatic hydroxyl groups is 1. The Labute approximate surface area is 149 Å². The van der Waals surface area contributed by atoms with E-state index < -0.39 is 8.32 Å². The molecule has 0 amide bonds. The Morgan fingerprint density at radius 1 is 1.05 bits per heavy atom. The molecule has 0 aliphatic heterocycles. The molecule has 0 aromatic heterocycles. The van der Waals surface area contributed by atoms with Crippen molar-refractivity contribution in [3.05, 3.63) is 32.8 Å². The van der Waals surface area contributed by atoms with Crippen LogP contribution in [0.15, 0.2) is 16.6 Å². The van der Waals surface area contributed by atoms with Crippen LogP contribution in [0.4, 0.5) is 0 Å². The number of rotatable bonds is 7. The van der Waals surface area contributed by atoms with Crippen LogP contribution in [-0.2, 0) is 17.6 Å². The third kappa shape index (κ3) is 4.15. The highest BCUT2D eigenvalue weighted by Gasteiger charge is 2.45. The fourth-order valence-corrected chi connectivity index (χ4v) is 9.73. The van der Waals surface area contributed by atoms with Crippen molar-refractivity contribution in [1.29, 1.82) is 0 Å². The van der Waals surface area contributed by atoms with Crippen LogP contribution in [-0.4, -0.2) is 13.4 Å². The van der Waals surface area contributed by atoms with Crippen LogP contribution >= 0.6 is 27.5 Å². The van der Waals surface area contributed by atoms with Crippen molar-refractivity contribution in [3.63, 3.8) is 0 Å². The average Bonchev–Trinajstić information content (AvgIpc) is 2.41. The van der Waals surface area contributed by atoms with Crippen LogP contribution in [0.1, 0.15) is 52.7 Å². The largest absolute Gasteiger partial charge is 0.412 e. The van der Waals surface area contributed by atoms with Gasteiger partial charge in [-0.1, -0.05) is 69.1 Å². The lowest BCUT2D eigenvalue weighted by atomic mass is 10.1. The van der Waals surface area contributed by atoms with Gasteiger partial charge in [-0.05, 0) is 39.9 Å². The fraction of sp³-hybridized carbons (Fsp3) is 0.647. The second kappa shape index (κ2) is 8.29. The Balaban J connectivity index is 3.06. The van der Waals surface area contributed by atoms with Crippen molar-refractivity contribution in [3.8, 4) is 0 Å². The van der Waals surface area contributed by atoms with Crippen LogP contribution in [0.25, 0.3) is 0 Å². The lowest BCUT2D eigenvalue weighted by molar-refractivity contribution is 0.265. The van der Waals surface area contributed by atoms with Gasteiger partial charge in [0, 0.05) is 9.50 Å². The van der Waals surface area contributed by atoms with Crippen molar-refractivity contribution in [2.45, 2.75) is 71.4 Å². The zero-order valence-electron chi connectivity index (χ0n) is 14.4. The van der Waals surface area contributed by atoms with Crippen molar-refractivity contribution < 1.29 is 9.53 Å². The molecule has 126 valence electrons. The minimum atomic E-state index is -1.90. The Hall–Kier alpha value is 0.127. The van der Waals surface area contributed by atoms with Crippen LogP contribution < -0.4 is 0 Å². The molecular weight excluding hydrogens is 380 g/mol. The van der Waals surface area contributed by atoms with Gasteiger partial charge in [0.2, 0.25) is 8.32 Å². The van der Waals surface area contributed by atoms with Crippen LogP contribution in [0.3, 0.4) is 0 Å². The lowest BCUT2D eigenvalue weighted by Crippen LogP contribution is -2.47. The van der Waals surface area contributed by atoms with Crippen LogP contribution in [0.5, 0.6) is 0 Å². The molecule has 0 spiro atoms. The van der Waals surface area contributed by atoms with E-state index in [9.17, 15) is 5.11 Å². The van der Waals surface area contributed by atoms with E-state index in [0.29, 0.717) is 28.3 Å². The van der Waals surface area contributed by atoms with Gasteiger partial charge >= 0.3 is 0 Å². The Morgan fingerprint density at radius 3 is 1.95 bits per heavy atom. The minimum absolute atomic E-state index is 0.0237. The van der Waals surface area contributed by atoms with E-state index in [1.165, 1.54) is 0 Å². The van der Waals surface area contributed by atoms with E-state index in [0.717, 1.165) is 15.6 Å². The van der Waals surface area contributed by atoms with Crippen molar-refractivity contribution in [1.82, 2.24) is 0 Å². The topological polar surface area (TPSA) is 29.5 Å². The molecule has 2 nitrogen and oxygen atoms in total. The van der Waals surface area contributed by atoms with Crippen LogP contribution in [0.2, 0.25) is 21.6 Å². The fourth-order valence-electron chi connectivity index (χ4n) is 3.56. The highest BCUT2D eigenvalue weighted by molar-refractivity contribution is 9.10. The normalized spacial score (nSPS) is 12.7. The zero-order valence-corrected chi connectivity index (χ0v) is 17.8. The Morgan fingerprint density at radius 2 is 1.55 bits per heavy atom. The molecule has 1 rings (SSSR count). The molecule has 0 aliphatic rings. The van der Waals surface area contributed by atoms with E-state index in [-0.39, 0.29) is 6.61 Å². The molecule has 0 unspecified atom stereocenters.